The second-order valence-corrected chi connectivity index (χ2v) is 7.98. The van der Waals surface area contributed by atoms with Crippen molar-refractivity contribution in [3.63, 3.8) is 0 Å². The summed E-state index contributed by atoms with van der Waals surface area (Å²) in [6.45, 7) is 0.182. The zero-order valence-corrected chi connectivity index (χ0v) is 18.9. The number of anilines is 1. The molecule has 3 aromatic rings. The van der Waals surface area contributed by atoms with Crippen LogP contribution in [0.15, 0.2) is 66.2 Å². The predicted molar refractivity (Wildman–Crippen MR) is 126 cm³/mol. The van der Waals surface area contributed by atoms with Gasteiger partial charge >= 0.3 is 0 Å². The van der Waals surface area contributed by atoms with Crippen LogP contribution >= 0.6 is 46.4 Å². The van der Waals surface area contributed by atoms with Gasteiger partial charge in [-0.1, -0.05) is 64.6 Å². The molecule has 0 aliphatic rings. The highest BCUT2D eigenvalue weighted by Crippen LogP contribution is 2.36. The molecule has 0 aliphatic carbocycles. The summed E-state index contributed by atoms with van der Waals surface area (Å²) in [5.74, 6) is -0.291. The minimum atomic E-state index is -0.573. The largest absolute Gasteiger partial charge is 0.486 e. The number of halogens is 4. The van der Waals surface area contributed by atoms with Gasteiger partial charge in [0.2, 0.25) is 0 Å². The molecule has 0 atom stereocenters. The van der Waals surface area contributed by atoms with Gasteiger partial charge < -0.3 is 10.1 Å². The van der Waals surface area contributed by atoms with Crippen molar-refractivity contribution < 1.29 is 9.53 Å². The molecule has 3 aromatic carbocycles. The first-order valence-electron chi connectivity index (χ1n) is 8.91. The van der Waals surface area contributed by atoms with E-state index in [4.69, 9.17) is 51.1 Å². The number of hydrogen-bond acceptors (Lipinski definition) is 3. The first-order valence-corrected chi connectivity index (χ1v) is 10.4. The van der Waals surface area contributed by atoms with Crippen LogP contribution in [0, 0.1) is 11.3 Å². The fourth-order valence-corrected chi connectivity index (χ4v) is 3.54. The SMILES string of the molecule is N#C/C(=C/c1cc(Cl)c(OCc2ccccc2Cl)c(Cl)c1)C(=O)Nc1ccc(Cl)cc1. The predicted octanol–water partition coefficient (Wildman–Crippen LogP) is 7.42. The molecule has 0 aliphatic heterocycles. The Morgan fingerprint density at radius 1 is 0.968 bits per heavy atom. The topological polar surface area (TPSA) is 62.1 Å². The molecular formula is C23H14Cl4N2O2. The molecule has 0 radical (unpaired) electrons. The fourth-order valence-electron chi connectivity index (χ4n) is 2.61. The van der Waals surface area contributed by atoms with Crippen LogP contribution in [0.1, 0.15) is 11.1 Å². The van der Waals surface area contributed by atoms with E-state index >= 15 is 0 Å². The van der Waals surface area contributed by atoms with Crippen LogP contribution in [-0.4, -0.2) is 5.91 Å². The quantitative estimate of drug-likeness (QED) is 0.288. The third-order valence-electron chi connectivity index (χ3n) is 4.13. The van der Waals surface area contributed by atoms with Gasteiger partial charge in [-0.15, -0.1) is 0 Å². The van der Waals surface area contributed by atoms with E-state index in [1.54, 1.807) is 42.5 Å². The second kappa shape index (κ2) is 10.6. The van der Waals surface area contributed by atoms with Gasteiger partial charge in [0.15, 0.2) is 5.75 Å². The Kier molecular flexibility index (Phi) is 7.84. The van der Waals surface area contributed by atoms with Crippen molar-refractivity contribution in [2.45, 2.75) is 6.61 Å². The molecule has 156 valence electrons. The van der Waals surface area contributed by atoms with E-state index in [0.717, 1.165) is 5.56 Å². The van der Waals surface area contributed by atoms with Crippen molar-refractivity contribution in [1.82, 2.24) is 0 Å². The summed E-state index contributed by atoms with van der Waals surface area (Å²) in [5.41, 5.74) is 1.65. The molecule has 0 unspecified atom stereocenters. The van der Waals surface area contributed by atoms with E-state index in [9.17, 15) is 10.1 Å². The molecule has 1 N–H and O–H groups in total. The van der Waals surface area contributed by atoms with Crippen molar-refractivity contribution in [2.24, 2.45) is 0 Å². The van der Waals surface area contributed by atoms with E-state index in [1.165, 1.54) is 6.08 Å². The van der Waals surface area contributed by atoms with Crippen LogP contribution in [-0.2, 0) is 11.4 Å². The molecule has 1 amide bonds. The highest BCUT2D eigenvalue weighted by Gasteiger charge is 2.13. The molecule has 4 nitrogen and oxygen atoms in total. The molecule has 0 fully saturated rings. The Morgan fingerprint density at radius 2 is 1.61 bits per heavy atom. The average molecular weight is 492 g/mol. The first kappa shape index (κ1) is 23.0. The highest BCUT2D eigenvalue weighted by atomic mass is 35.5. The Balaban J connectivity index is 1.77. The fraction of sp³-hybridized carbons (Fsp3) is 0.0435. The number of nitriles is 1. The normalized spacial score (nSPS) is 11.0. The molecular weight excluding hydrogens is 478 g/mol. The Hall–Kier alpha value is -2.68. The van der Waals surface area contributed by atoms with Gasteiger partial charge in [-0.25, -0.2) is 0 Å². The number of carbonyl (C=O) groups excluding carboxylic acids is 1. The minimum absolute atomic E-state index is 0.119. The molecule has 0 saturated heterocycles. The summed E-state index contributed by atoms with van der Waals surface area (Å²) in [5, 5.41) is 13.6. The van der Waals surface area contributed by atoms with E-state index < -0.39 is 5.91 Å². The second-order valence-electron chi connectivity index (χ2n) is 6.32. The third-order valence-corrected chi connectivity index (χ3v) is 5.31. The van der Waals surface area contributed by atoms with Crippen molar-refractivity contribution in [3.8, 4) is 11.8 Å². The van der Waals surface area contributed by atoms with Gasteiger partial charge in [0.1, 0.15) is 18.2 Å². The maximum atomic E-state index is 12.4. The lowest BCUT2D eigenvalue weighted by atomic mass is 10.1. The lowest BCUT2D eigenvalue weighted by Gasteiger charge is -2.12. The number of hydrogen-bond donors (Lipinski definition) is 1. The molecule has 0 bridgehead atoms. The third kappa shape index (κ3) is 6.16. The van der Waals surface area contributed by atoms with Crippen molar-refractivity contribution in [3.05, 3.63) is 97.5 Å². The Labute approximate surface area is 199 Å². The zero-order valence-electron chi connectivity index (χ0n) is 15.8. The summed E-state index contributed by atoms with van der Waals surface area (Å²) in [4.78, 5) is 12.4. The van der Waals surface area contributed by atoms with Gasteiger partial charge in [-0.2, -0.15) is 5.26 Å². The molecule has 0 saturated carbocycles. The minimum Gasteiger partial charge on any atom is -0.486 e. The summed E-state index contributed by atoms with van der Waals surface area (Å²) in [6.07, 6.45) is 1.39. The number of carbonyl (C=O) groups is 1. The zero-order chi connectivity index (χ0) is 22.4. The van der Waals surface area contributed by atoms with E-state index in [0.29, 0.717) is 21.3 Å². The lowest BCUT2D eigenvalue weighted by molar-refractivity contribution is -0.112. The molecule has 0 heterocycles. The highest BCUT2D eigenvalue weighted by molar-refractivity contribution is 6.37. The number of nitrogens with one attached hydrogen (secondary N) is 1. The van der Waals surface area contributed by atoms with Crippen LogP contribution in [0.25, 0.3) is 6.08 Å². The van der Waals surface area contributed by atoms with Gasteiger partial charge in [-0.3, -0.25) is 4.79 Å². The smallest absolute Gasteiger partial charge is 0.266 e. The first-order chi connectivity index (χ1) is 14.9. The summed E-state index contributed by atoms with van der Waals surface area (Å²) in [7, 11) is 0. The van der Waals surface area contributed by atoms with Crippen molar-refractivity contribution in [2.75, 3.05) is 5.32 Å². The van der Waals surface area contributed by atoms with Crippen molar-refractivity contribution in [1.29, 1.82) is 5.26 Å². The summed E-state index contributed by atoms with van der Waals surface area (Å²) < 4.78 is 5.73. The molecule has 3 rings (SSSR count). The number of ether oxygens (including phenoxy) is 1. The van der Waals surface area contributed by atoms with Crippen LogP contribution in [0.3, 0.4) is 0 Å². The summed E-state index contributed by atoms with van der Waals surface area (Å²) >= 11 is 24.6. The summed E-state index contributed by atoms with van der Waals surface area (Å²) in [6, 6.07) is 18.8. The average Bonchev–Trinajstić information content (AvgIpc) is 2.74. The van der Waals surface area contributed by atoms with Crippen LogP contribution in [0.5, 0.6) is 5.75 Å². The maximum absolute atomic E-state index is 12.4. The standard InChI is InChI=1S/C23H14Cl4N2O2/c24-17-5-7-18(8-6-17)29-23(30)16(12-28)9-14-10-20(26)22(21(27)11-14)31-13-15-3-1-2-4-19(15)25/h1-11H,13H2,(H,29,30)/b16-9-. The van der Waals surface area contributed by atoms with Crippen LogP contribution in [0.4, 0.5) is 5.69 Å². The Bertz CT molecular complexity index is 1160. The van der Waals surface area contributed by atoms with E-state index in [2.05, 4.69) is 5.32 Å². The number of nitrogens with zero attached hydrogens (tertiary/aromatic N) is 1. The van der Waals surface area contributed by atoms with E-state index in [-0.39, 0.29) is 28.0 Å². The van der Waals surface area contributed by atoms with Gasteiger partial charge in [0.25, 0.3) is 5.91 Å². The number of amides is 1. The number of rotatable bonds is 6. The van der Waals surface area contributed by atoms with Gasteiger partial charge in [-0.05, 0) is 54.1 Å². The number of benzene rings is 3. The van der Waals surface area contributed by atoms with E-state index in [1.807, 2.05) is 24.3 Å². The van der Waals surface area contributed by atoms with Gasteiger partial charge in [0.05, 0.1) is 10.0 Å². The molecule has 31 heavy (non-hydrogen) atoms. The maximum Gasteiger partial charge on any atom is 0.266 e. The van der Waals surface area contributed by atoms with Crippen LogP contribution < -0.4 is 10.1 Å². The molecule has 8 heteroatoms. The Morgan fingerprint density at radius 3 is 2.23 bits per heavy atom. The van der Waals surface area contributed by atoms with Gasteiger partial charge in [0, 0.05) is 21.3 Å². The monoisotopic (exact) mass is 490 g/mol. The lowest BCUT2D eigenvalue weighted by Crippen LogP contribution is -2.13. The van der Waals surface area contributed by atoms with Crippen LogP contribution in [0.2, 0.25) is 20.1 Å². The molecule has 0 spiro atoms. The molecule has 0 aromatic heterocycles. The van der Waals surface area contributed by atoms with Crippen molar-refractivity contribution >= 4 is 64.1 Å².